The van der Waals surface area contributed by atoms with E-state index >= 15 is 0 Å². The van der Waals surface area contributed by atoms with Gasteiger partial charge in [0.2, 0.25) is 0 Å². The molecule has 10 heteroatoms. The van der Waals surface area contributed by atoms with E-state index in [2.05, 4.69) is 0 Å². The van der Waals surface area contributed by atoms with E-state index in [1.54, 1.807) is 13.8 Å². The molecule has 0 spiro atoms. The van der Waals surface area contributed by atoms with Crippen molar-refractivity contribution >= 4 is 0 Å². The lowest BCUT2D eigenvalue weighted by atomic mass is 9.99. The minimum absolute atomic E-state index is 0.225. The monoisotopic (exact) mass is 354 g/mol. The zero-order chi connectivity index (χ0) is 18.0. The Bertz CT molecular complexity index is 394. The Labute approximate surface area is 139 Å². The molecule has 2 aliphatic heterocycles. The maximum absolute atomic E-state index is 9.99. The molecule has 2 fully saturated rings. The molecule has 0 radical (unpaired) electrons. The van der Waals surface area contributed by atoms with Crippen molar-refractivity contribution < 1.29 is 49.6 Å². The summed E-state index contributed by atoms with van der Waals surface area (Å²) < 4.78 is 21.1. The summed E-state index contributed by atoms with van der Waals surface area (Å²) in [5, 5.41) is 58.5. The van der Waals surface area contributed by atoms with Gasteiger partial charge in [0.05, 0.1) is 19.3 Å². The second kappa shape index (κ2) is 8.32. The van der Waals surface area contributed by atoms with Gasteiger partial charge in [-0.1, -0.05) is 0 Å². The van der Waals surface area contributed by atoms with E-state index in [4.69, 9.17) is 18.9 Å². The van der Waals surface area contributed by atoms with Crippen LogP contribution in [0.2, 0.25) is 0 Å². The van der Waals surface area contributed by atoms with E-state index in [0.29, 0.717) is 0 Å². The molecule has 0 amide bonds. The predicted octanol–water partition coefficient (Wildman–Crippen LogP) is -3.33. The van der Waals surface area contributed by atoms with Gasteiger partial charge in [0.25, 0.3) is 0 Å². The third-order valence-electron chi connectivity index (χ3n) is 3.95. The third kappa shape index (κ3) is 4.41. The number of rotatable bonds is 5. The van der Waals surface area contributed by atoms with Gasteiger partial charge in [-0.15, -0.1) is 0 Å². The third-order valence-corrected chi connectivity index (χ3v) is 3.95. The minimum Gasteiger partial charge on any atom is -0.388 e. The van der Waals surface area contributed by atoms with Gasteiger partial charge < -0.3 is 49.6 Å². The van der Waals surface area contributed by atoms with Gasteiger partial charge in [-0.05, 0) is 13.8 Å². The highest BCUT2D eigenvalue weighted by atomic mass is 16.7. The van der Waals surface area contributed by atoms with Crippen molar-refractivity contribution in [2.45, 2.75) is 75.3 Å². The van der Waals surface area contributed by atoms with Crippen LogP contribution in [-0.4, -0.2) is 105 Å². The molecule has 2 saturated heterocycles. The Morgan fingerprint density at radius 1 is 0.875 bits per heavy atom. The lowest BCUT2D eigenvalue weighted by Crippen LogP contribution is -2.60. The Balaban J connectivity index is 1.93. The first kappa shape index (κ1) is 19.9. The minimum atomic E-state index is -1.50. The van der Waals surface area contributed by atoms with Crippen molar-refractivity contribution in [3.63, 3.8) is 0 Å². The summed E-state index contributed by atoms with van der Waals surface area (Å²) in [4.78, 5) is 0. The summed E-state index contributed by atoms with van der Waals surface area (Å²) in [5.41, 5.74) is 0. The second-order valence-electron chi connectivity index (χ2n) is 6.28. The molecule has 0 aromatic rings. The van der Waals surface area contributed by atoms with E-state index < -0.39 is 55.3 Å². The molecule has 9 atom stereocenters. The van der Waals surface area contributed by atoms with Gasteiger partial charge >= 0.3 is 0 Å². The largest absolute Gasteiger partial charge is 0.388 e. The summed E-state index contributed by atoms with van der Waals surface area (Å²) in [6, 6.07) is 0. The van der Waals surface area contributed by atoms with Crippen molar-refractivity contribution in [3.8, 4) is 0 Å². The predicted molar refractivity (Wildman–Crippen MR) is 76.6 cm³/mol. The number of hydrogen-bond donors (Lipinski definition) is 6. The van der Waals surface area contributed by atoms with E-state index in [0.717, 1.165) is 0 Å². The average molecular weight is 354 g/mol. The SMILES string of the molecule is CC(C)O[C@@H]1O[C@H](CO[C@@H]2OC[C@@H](O)[C@H](O)[C@H]2O)[C@@H](O)[C@H](O)[C@H]1O. The van der Waals surface area contributed by atoms with Gasteiger partial charge in [0, 0.05) is 0 Å². The molecule has 0 bridgehead atoms. The second-order valence-corrected chi connectivity index (χ2v) is 6.28. The van der Waals surface area contributed by atoms with Crippen LogP contribution in [0.25, 0.3) is 0 Å². The quantitative estimate of drug-likeness (QED) is 0.295. The lowest BCUT2D eigenvalue weighted by Gasteiger charge is -2.41. The van der Waals surface area contributed by atoms with E-state index in [9.17, 15) is 30.6 Å². The molecule has 0 aromatic carbocycles. The summed E-state index contributed by atoms with van der Waals surface area (Å²) in [6.45, 7) is 2.92. The molecule has 24 heavy (non-hydrogen) atoms. The molecule has 6 N–H and O–H groups in total. The molecule has 0 saturated carbocycles. The van der Waals surface area contributed by atoms with Gasteiger partial charge in [0.15, 0.2) is 12.6 Å². The average Bonchev–Trinajstić information content (AvgIpc) is 2.53. The Morgan fingerprint density at radius 2 is 1.50 bits per heavy atom. The Hall–Kier alpha value is -0.400. The van der Waals surface area contributed by atoms with Crippen molar-refractivity contribution in [1.82, 2.24) is 0 Å². The molecule has 2 rings (SSSR count). The molecule has 2 aliphatic rings. The normalized spacial score (nSPS) is 47.1. The lowest BCUT2D eigenvalue weighted by molar-refractivity contribution is -0.325. The van der Waals surface area contributed by atoms with Crippen molar-refractivity contribution in [3.05, 3.63) is 0 Å². The van der Waals surface area contributed by atoms with Crippen LogP contribution < -0.4 is 0 Å². The zero-order valence-corrected chi connectivity index (χ0v) is 13.5. The van der Waals surface area contributed by atoms with Gasteiger partial charge in [-0.3, -0.25) is 0 Å². The van der Waals surface area contributed by atoms with Crippen LogP contribution in [0.4, 0.5) is 0 Å². The van der Waals surface area contributed by atoms with E-state index in [-0.39, 0.29) is 19.3 Å². The molecule has 2 heterocycles. The zero-order valence-electron chi connectivity index (χ0n) is 13.5. The summed E-state index contributed by atoms with van der Waals surface area (Å²) >= 11 is 0. The van der Waals surface area contributed by atoms with Crippen LogP contribution >= 0.6 is 0 Å². The van der Waals surface area contributed by atoms with Crippen LogP contribution in [-0.2, 0) is 18.9 Å². The molecule has 0 aromatic heterocycles. The number of aliphatic hydroxyl groups is 6. The molecule has 0 unspecified atom stereocenters. The van der Waals surface area contributed by atoms with Gasteiger partial charge in [0.1, 0.15) is 42.7 Å². The van der Waals surface area contributed by atoms with Crippen LogP contribution in [0.1, 0.15) is 13.8 Å². The van der Waals surface area contributed by atoms with Crippen LogP contribution in [0.5, 0.6) is 0 Å². The standard InChI is InChI=1S/C14H26O10/c1-5(2)23-14-12(20)10(18)9(17)7(24-14)4-22-13-11(19)8(16)6(15)3-21-13/h5-20H,3-4H2,1-2H3/t6-,7-,8+,9-,10+,11-,12-,13+,14-/m1/s1. The van der Waals surface area contributed by atoms with Crippen LogP contribution in [0.15, 0.2) is 0 Å². The van der Waals surface area contributed by atoms with Crippen molar-refractivity contribution in [2.24, 2.45) is 0 Å². The maximum atomic E-state index is 9.99. The fourth-order valence-electron chi connectivity index (χ4n) is 2.55. The van der Waals surface area contributed by atoms with Crippen molar-refractivity contribution in [2.75, 3.05) is 13.2 Å². The van der Waals surface area contributed by atoms with Gasteiger partial charge in [-0.25, -0.2) is 0 Å². The summed E-state index contributed by atoms with van der Waals surface area (Å²) in [7, 11) is 0. The first-order valence-corrected chi connectivity index (χ1v) is 7.85. The highest BCUT2D eigenvalue weighted by Crippen LogP contribution is 2.24. The highest BCUT2D eigenvalue weighted by molar-refractivity contribution is 4.90. The summed E-state index contributed by atoms with van der Waals surface area (Å²) in [5.74, 6) is 0. The molecule has 10 nitrogen and oxygen atoms in total. The Kier molecular flexibility index (Phi) is 6.90. The van der Waals surface area contributed by atoms with E-state index in [1.165, 1.54) is 0 Å². The van der Waals surface area contributed by atoms with E-state index in [1.807, 2.05) is 0 Å². The maximum Gasteiger partial charge on any atom is 0.186 e. The molecular formula is C14H26O10. The topological polar surface area (TPSA) is 158 Å². The van der Waals surface area contributed by atoms with Crippen molar-refractivity contribution in [1.29, 1.82) is 0 Å². The van der Waals surface area contributed by atoms with Crippen LogP contribution in [0, 0.1) is 0 Å². The highest BCUT2D eigenvalue weighted by Gasteiger charge is 2.46. The number of ether oxygens (including phenoxy) is 4. The Morgan fingerprint density at radius 3 is 2.12 bits per heavy atom. The fraction of sp³-hybridized carbons (Fsp3) is 1.00. The molecule has 142 valence electrons. The first-order valence-electron chi connectivity index (χ1n) is 7.85. The van der Waals surface area contributed by atoms with Crippen LogP contribution in [0.3, 0.4) is 0 Å². The number of aliphatic hydroxyl groups excluding tert-OH is 6. The number of hydrogen-bond acceptors (Lipinski definition) is 10. The smallest absolute Gasteiger partial charge is 0.186 e. The molecule has 0 aliphatic carbocycles. The molecular weight excluding hydrogens is 328 g/mol. The van der Waals surface area contributed by atoms with Gasteiger partial charge in [-0.2, -0.15) is 0 Å². The first-order chi connectivity index (χ1) is 11.2. The summed E-state index contributed by atoms with van der Waals surface area (Å²) in [6.07, 6.45) is -12.2. The fourth-order valence-corrected chi connectivity index (χ4v) is 2.55.